The summed E-state index contributed by atoms with van der Waals surface area (Å²) in [5.74, 6) is 1.02. The molecule has 2 N–H and O–H groups in total. The third-order valence-electron chi connectivity index (χ3n) is 3.63. The summed E-state index contributed by atoms with van der Waals surface area (Å²) >= 11 is 1.91. The predicted molar refractivity (Wildman–Crippen MR) is 89.4 cm³/mol. The van der Waals surface area contributed by atoms with Gasteiger partial charge >= 0.3 is 0 Å². The van der Waals surface area contributed by atoms with Gasteiger partial charge in [-0.1, -0.05) is 49.4 Å². The second-order valence-electron chi connectivity index (χ2n) is 5.07. The van der Waals surface area contributed by atoms with Crippen LogP contribution in [-0.2, 0) is 0 Å². The Morgan fingerprint density at radius 3 is 2.65 bits per heavy atom. The van der Waals surface area contributed by atoms with Gasteiger partial charge in [0.1, 0.15) is 0 Å². The normalized spacial score (nSPS) is 14.3. The van der Waals surface area contributed by atoms with E-state index >= 15 is 0 Å². The molecule has 0 aliphatic rings. The van der Waals surface area contributed by atoms with E-state index in [4.69, 9.17) is 5.11 Å². The van der Waals surface area contributed by atoms with Crippen molar-refractivity contribution in [3.05, 3.63) is 48.0 Å². The van der Waals surface area contributed by atoms with Gasteiger partial charge in [-0.15, -0.1) is 0 Å². The zero-order chi connectivity index (χ0) is 14.4. The second kappa shape index (κ2) is 7.67. The molecule has 2 nitrogen and oxygen atoms in total. The molecule has 0 spiro atoms. The lowest BCUT2D eigenvalue weighted by Gasteiger charge is -2.20. The average Bonchev–Trinajstić information content (AvgIpc) is 2.48. The van der Waals surface area contributed by atoms with Crippen LogP contribution in [0.15, 0.2) is 42.5 Å². The second-order valence-corrected chi connectivity index (χ2v) is 6.54. The highest BCUT2D eigenvalue weighted by Gasteiger charge is 2.14. The Balaban J connectivity index is 2.17. The highest BCUT2D eigenvalue weighted by Crippen LogP contribution is 2.28. The van der Waals surface area contributed by atoms with E-state index < -0.39 is 0 Å². The Bertz CT molecular complexity index is 538. The quantitative estimate of drug-likeness (QED) is 0.817. The molecule has 2 atom stereocenters. The molecule has 0 saturated heterocycles. The average molecular weight is 289 g/mol. The third-order valence-corrected chi connectivity index (χ3v) is 4.96. The van der Waals surface area contributed by atoms with E-state index in [-0.39, 0.29) is 6.61 Å². The Hall–Kier alpha value is -1.03. The first-order valence-electron chi connectivity index (χ1n) is 7.13. The molecule has 0 radical (unpaired) electrons. The Morgan fingerprint density at radius 2 is 1.90 bits per heavy atom. The third kappa shape index (κ3) is 3.75. The summed E-state index contributed by atoms with van der Waals surface area (Å²) in [6.07, 6.45) is 0.858. The minimum absolute atomic E-state index is 0.270. The van der Waals surface area contributed by atoms with Gasteiger partial charge in [-0.2, -0.15) is 11.8 Å². The standard InChI is InChI=1S/C17H23NOS/c1-13(10-11-19)20-12-17(18-2)16-9-5-7-14-6-3-4-8-15(14)16/h3-9,13,17-19H,10-12H2,1-2H3. The van der Waals surface area contributed by atoms with Gasteiger partial charge in [0.15, 0.2) is 0 Å². The van der Waals surface area contributed by atoms with E-state index in [2.05, 4.69) is 54.7 Å². The van der Waals surface area contributed by atoms with Crippen molar-refractivity contribution in [2.24, 2.45) is 0 Å². The molecule has 20 heavy (non-hydrogen) atoms. The van der Waals surface area contributed by atoms with Crippen LogP contribution < -0.4 is 5.32 Å². The lowest BCUT2D eigenvalue weighted by molar-refractivity contribution is 0.289. The lowest BCUT2D eigenvalue weighted by atomic mass is 10.00. The fraction of sp³-hybridized carbons (Fsp3) is 0.412. The molecule has 2 aromatic carbocycles. The molecule has 0 saturated carbocycles. The van der Waals surface area contributed by atoms with Crippen LogP contribution in [0.2, 0.25) is 0 Å². The fourth-order valence-electron chi connectivity index (χ4n) is 2.41. The molecule has 0 bridgehead atoms. The van der Waals surface area contributed by atoms with Gasteiger partial charge in [0.05, 0.1) is 0 Å². The lowest BCUT2D eigenvalue weighted by Crippen LogP contribution is -2.20. The molecule has 0 aromatic heterocycles. The van der Waals surface area contributed by atoms with Crippen molar-refractivity contribution in [3.63, 3.8) is 0 Å². The summed E-state index contributed by atoms with van der Waals surface area (Å²) < 4.78 is 0. The summed E-state index contributed by atoms with van der Waals surface area (Å²) in [5, 5.41) is 15.5. The van der Waals surface area contributed by atoms with Crippen LogP contribution in [-0.4, -0.2) is 29.8 Å². The van der Waals surface area contributed by atoms with Crippen molar-refractivity contribution < 1.29 is 5.11 Å². The van der Waals surface area contributed by atoms with E-state index in [0.717, 1.165) is 12.2 Å². The summed E-state index contributed by atoms with van der Waals surface area (Å²) in [4.78, 5) is 0. The van der Waals surface area contributed by atoms with Crippen molar-refractivity contribution in [2.45, 2.75) is 24.6 Å². The molecule has 2 rings (SSSR count). The number of aliphatic hydroxyl groups excluding tert-OH is 1. The van der Waals surface area contributed by atoms with Crippen molar-refractivity contribution in [2.75, 3.05) is 19.4 Å². The molecule has 0 heterocycles. The largest absolute Gasteiger partial charge is 0.396 e. The number of rotatable bonds is 7. The molecule has 2 aromatic rings. The smallest absolute Gasteiger partial charge is 0.0441 e. The maximum atomic E-state index is 8.99. The Morgan fingerprint density at radius 1 is 1.15 bits per heavy atom. The Kier molecular flexibility index (Phi) is 5.89. The number of nitrogens with one attached hydrogen (secondary N) is 1. The number of hydrogen-bond acceptors (Lipinski definition) is 3. The zero-order valence-corrected chi connectivity index (χ0v) is 13.0. The van der Waals surface area contributed by atoms with Gasteiger partial charge in [-0.05, 0) is 29.8 Å². The van der Waals surface area contributed by atoms with Crippen molar-refractivity contribution in [1.82, 2.24) is 5.32 Å². The summed E-state index contributed by atoms with van der Waals surface area (Å²) in [6.45, 7) is 2.45. The number of benzene rings is 2. The van der Waals surface area contributed by atoms with E-state index in [1.165, 1.54) is 16.3 Å². The van der Waals surface area contributed by atoms with Crippen LogP contribution in [0.4, 0.5) is 0 Å². The monoisotopic (exact) mass is 289 g/mol. The van der Waals surface area contributed by atoms with Crippen LogP contribution >= 0.6 is 11.8 Å². The Labute approximate surface area is 125 Å². The van der Waals surface area contributed by atoms with E-state index in [1.54, 1.807) is 0 Å². The number of aliphatic hydroxyl groups is 1. The first kappa shape index (κ1) is 15.4. The van der Waals surface area contributed by atoms with Gasteiger partial charge in [0.25, 0.3) is 0 Å². The molecule has 0 aliphatic heterocycles. The van der Waals surface area contributed by atoms with Gasteiger partial charge in [-0.3, -0.25) is 0 Å². The molecule has 108 valence electrons. The van der Waals surface area contributed by atoms with E-state index in [0.29, 0.717) is 11.3 Å². The van der Waals surface area contributed by atoms with E-state index in [9.17, 15) is 0 Å². The van der Waals surface area contributed by atoms with Gasteiger partial charge < -0.3 is 10.4 Å². The topological polar surface area (TPSA) is 32.3 Å². The van der Waals surface area contributed by atoms with Crippen LogP contribution in [0.25, 0.3) is 10.8 Å². The molecular weight excluding hydrogens is 266 g/mol. The van der Waals surface area contributed by atoms with Crippen molar-refractivity contribution in [3.8, 4) is 0 Å². The molecule has 0 amide bonds. The minimum atomic E-state index is 0.270. The number of hydrogen-bond donors (Lipinski definition) is 2. The van der Waals surface area contributed by atoms with Crippen molar-refractivity contribution >= 4 is 22.5 Å². The molecule has 2 unspecified atom stereocenters. The van der Waals surface area contributed by atoms with Crippen LogP contribution in [0, 0.1) is 0 Å². The maximum Gasteiger partial charge on any atom is 0.0441 e. The van der Waals surface area contributed by atoms with Crippen LogP contribution in [0.3, 0.4) is 0 Å². The summed E-state index contributed by atoms with van der Waals surface area (Å²) in [7, 11) is 2.02. The zero-order valence-electron chi connectivity index (χ0n) is 12.2. The van der Waals surface area contributed by atoms with Gasteiger partial charge in [-0.25, -0.2) is 0 Å². The first-order chi connectivity index (χ1) is 9.76. The fourth-order valence-corrected chi connectivity index (χ4v) is 3.55. The van der Waals surface area contributed by atoms with Crippen molar-refractivity contribution in [1.29, 1.82) is 0 Å². The molecule has 0 fully saturated rings. The maximum absolute atomic E-state index is 8.99. The van der Waals surface area contributed by atoms with Gasteiger partial charge in [0, 0.05) is 23.7 Å². The van der Waals surface area contributed by atoms with Gasteiger partial charge in [0.2, 0.25) is 0 Å². The number of fused-ring (bicyclic) bond motifs is 1. The summed E-state index contributed by atoms with van der Waals surface area (Å²) in [6, 6.07) is 15.4. The SMILES string of the molecule is CNC(CSC(C)CCO)c1cccc2ccccc12. The van der Waals surface area contributed by atoms with Crippen LogP contribution in [0.5, 0.6) is 0 Å². The highest BCUT2D eigenvalue weighted by molar-refractivity contribution is 7.99. The first-order valence-corrected chi connectivity index (χ1v) is 8.18. The molecule has 0 aliphatic carbocycles. The summed E-state index contributed by atoms with van der Waals surface area (Å²) in [5.41, 5.74) is 1.36. The van der Waals surface area contributed by atoms with Crippen LogP contribution in [0.1, 0.15) is 24.9 Å². The molecular formula is C17H23NOS. The predicted octanol–water partition coefficient (Wildman–Crippen LogP) is 3.60. The van der Waals surface area contributed by atoms with E-state index in [1.807, 2.05) is 18.8 Å². The minimum Gasteiger partial charge on any atom is -0.396 e. The molecule has 3 heteroatoms. The number of thioether (sulfide) groups is 1. The highest BCUT2D eigenvalue weighted by atomic mass is 32.2.